The lowest BCUT2D eigenvalue weighted by atomic mass is 10.1. The maximum atomic E-state index is 14.7. The second kappa shape index (κ2) is 10.8. The lowest BCUT2D eigenvalue weighted by molar-refractivity contribution is 0.0248. The summed E-state index contributed by atoms with van der Waals surface area (Å²) in [5.74, 6) is -0.869. The molecule has 2 aromatic heterocycles. The van der Waals surface area contributed by atoms with Crippen LogP contribution in [0.3, 0.4) is 0 Å². The molecule has 1 saturated carbocycles. The van der Waals surface area contributed by atoms with Crippen LogP contribution in [0.25, 0.3) is 0 Å². The van der Waals surface area contributed by atoms with Crippen molar-refractivity contribution in [1.29, 1.82) is 0 Å². The van der Waals surface area contributed by atoms with Crippen molar-refractivity contribution < 1.29 is 31.3 Å². The third-order valence-electron chi connectivity index (χ3n) is 5.56. The Morgan fingerprint density at radius 2 is 2.14 bits per heavy atom. The van der Waals surface area contributed by atoms with Crippen LogP contribution < -0.4 is 10.0 Å². The van der Waals surface area contributed by atoms with Crippen molar-refractivity contribution in [1.82, 2.24) is 24.5 Å². The molecule has 3 N–H and O–H groups in total. The van der Waals surface area contributed by atoms with E-state index in [0.29, 0.717) is 10.1 Å². The van der Waals surface area contributed by atoms with Gasteiger partial charge in [0.25, 0.3) is 0 Å². The Bertz CT molecular complexity index is 1370. The van der Waals surface area contributed by atoms with Gasteiger partial charge in [0.05, 0.1) is 18.2 Å². The van der Waals surface area contributed by atoms with Crippen molar-refractivity contribution in [3.8, 4) is 0 Å². The molecule has 0 radical (unpaired) electrons. The molecule has 4 rings (SSSR count). The number of halogens is 3. The predicted molar refractivity (Wildman–Crippen MR) is 132 cm³/mol. The zero-order valence-electron chi connectivity index (χ0n) is 18.7. The fraction of sp³-hybridized carbons (Fsp3) is 0.333. The van der Waals surface area contributed by atoms with Crippen molar-refractivity contribution in [2.24, 2.45) is 0 Å². The van der Waals surface area contributed by atoms with Gasteiger partial charge >= 0.3 is 10.3 Å². The average Bonchev–Trinajstić information content (AvgIpc) is 3.41. The Morgan fingerprint density at radius 3 is 2.86 bits per heavy atom. The Balaban J connectivity index is 1.49. The molecule has 0 spiro atoms. The first kappa shape index (κ1) is 26.5. The molecule has 11 nitrogen and oxygen atoms in total. The van der Waals surface area contributed by atoms with Gasteiger partial charge in [0, 0.05) is 29.4 Å². The number of benzene rings is 1. The van der Waals surface area contributed by atoms with Crippen LogP contribution in [-0.4, -0.2) is 70.5 Å². The number of nitrogens with one attached hydrogen (secondary N) is 2. The Kier molecular flexibility index (Phi) is 7.93. The second-order valence-corrected chi connectivity index (χ2v) is 10.6. The summed E-state index contributed by atoms with van der Waals surface area (Å²) in [4.78, 5) is 21.0. The summed E-state index contributed by atoms with van der Waals surface area (Å²) in [6.07, 6.45) is -1.14. The highest BCUT2D eigenvalue weighted by atomic mass is 127. The lowest BCUT2D eigenvalue weighted by Gasteiger charge is -2.17. The first-order valence-corrected chi connectivity index (χ1v) is 13.1. The van der Waals surface area contributed by atoms with Gasteiger partial charge in [-0.25, -0.2) is 18.7 Å². The molecule has 36 heavy (non-hydrogen) atoms. The number of hydrogen-bond donors (Lipinski definition) is 3. The van der Waals surface area contributed by atoms with Crippen LogP contribution in [0, 0.1) is 9.39 Å². The average molecular weight is 634 g/mol. The molecule has 15 heteroatoms. The van der Waals surface area contributed by atoms with Crippen molar-refractivity contribution in [3.63, 3.8) is 0 Å². The van der Waals surface area contributed by atoms with Gasteiger partial charge in [-0.05, 0) is 46.4 Å². The molecule has 1 fully saturated rings. The predicted octanol–water partition coefficient (Wildman–Crippen LogP) is 1.43. The standard InChI is InChI=1S/C21H21F2IN6O5S/c1-25-36(33,34)35-17-7-16(18(23)20(17)32)28-21-12(8-26-10-27-21)19(31)15-4-5-30(29-15)9-11-2-3-13(22)14(24)6-11/h2-6,8,10,16-18,20,25,32H,7,9H2,1H3,(H,26,27,28)/t16-,17-,18-,20-/m1/s1. The summed E-state index contributed by atoms with van der Waals surface area (Å²) in [6, 6.07) is 5.06. The molecule has 1 aliphatic carbocycles. The number of nitrogens with zero attached hydrogens (tertiary/aromatic N) is 4. The molecule has 0 amide bonds. The maximum Gasteiger partial charge on any atom is 0.335 e. The molecule has 0 aliphatic heterocycles. The Labute approximate surface area is 218 Å². The second-order valence-electron chi connectivity index (χ2n) is 7.98. The third-order valence-corrected chi connectivity index (χ3v) is 7.39. The van der Waals surface area contributed by atoms with Gasteiger partial charge in [0.1, 0.15) is 42.0 Å². The van der Waals surface area contributed by atoms with Gasteiger partial charge in [-0.1, -0.05) is 6.07 Å². The van der Waals surface area contributed by atoms with Crippen LogP contribution >= 0.6 is 22.6 Å². The quantitative estimate of drug-likeness (QED) is 0.235. The highest BCUT2D eigenvalue weighted by Crippen LogP contribution is 2.30. The molecule has 3 aromatic rings. The first-order chi connectivity index (χ1) is 17.1. The van der Waals surface area contributed by atoms with E-state index >= 15 is 0 Å². The number of anilines is 1. The van der Waals surface area contributed by atoms with Crippen LogP contribution in [-0.2, 0) is 21.0 Å². The molecular weight excluding hydrogens is 613 g/mol. The van der Waals surface area contributed by atoms with E-state index in [-0.39, 0.29) is 29.3 Å². The topological polar surface area (TPSA) is 148 Å². The third kappa shape index (κ3) is 5.86. The van der Waals surface area contributed by atoms with Gasteiger partial charge < -0.3 is 10.4 Å². The number of carbonyl (C=O) groups is 1. The molecule has 1 aliphatic rings. The summed E-state index contributed by atoms with van der Waals surface area (Å²) in [6.45, 7) is 0.306. The van der Waals surface area contributed by atoms with Crippen LogP contribution in [0.5, 0.6) is 0 Å². The molecule has 0 bridgehead atoms. The maximum absolute atomic E-state index is 14.7. The number of ketones is 1. The summed E-state index contributed by atoms with van der Waals surface area (Å²) in [5, 5.41) is 17.1. The van der Waals surface area contributed by atoms with Crippen molar-refractivity contribution in [3.05, 3.63) is 69.2 Å². The van der Waals surface area contributed by atoms with Crippen molar-refractivity contribution >= 4 is 44.5 Å². The van der Waals surface area contributed by atoms with Gasteiger partial charge in [-0.2, -0.15) is 18.2 Å². The minimum atomic E-state index is -4.15. The molecule has 4 atom stereocenters. The number of aliphatic hydroxyl groups is 1. The van der Waals surface area contributed by atoms with E-state index < -0.39 is 40.5 Å². The Hall–Kier alpha value is -2.60. The van der Waals surface area contributed by atoms with E-state index in [1.54, 1.807) is 18.3 Å². The summed E-state index contributed by atoms with van der Waals surface area (Å²) in [7, 11) is -3.03. The van der Waals surface area contributed by atoms with Gasteiger partial charge in [0.15, 0.2) is 0 Å². The van der Waals surface area contributed by atoms with Crippen molar-refractivity contribution in [2.75, 3.05) is 12.4 Å². The largest absolute Gasteiger partial charge is 0.387 e. The number of rotatable bonds is 9. The normalized spacial score (nSPS) is 22.0. The number of aromatic nitrogens is 4. The van der Waals surface area contributed by atoms with E-state index in [1.807, 2.05) is 27.3 Å². The molecule has 1 aromatic carbocycles. The number of aliphatic hydroxyl groups excluding tert-OH is 1. The van der Waals surface area contributed by atoms with E-state index in [2.05, 4.69) is 20.4 Å². The molecule has 192 valence electrons. The number of carbonyl (C=O) groups excluding carboxylic acids is 1. The minimum Gasteiger partial charge on any atom is -0.387 e. The number of alkyl halides is 1. The highest BCUT2D eigenvalue weighted by Gasteiger charge is 2.46. The fourth-order valence-corrected chi connectivity index (χ4v) is 4.92. The van der Waals surface area contributed by atoms with Gasteiger partial charge in [0.2, 0.25) is 5.78 Å². The highest BCUT2D eigenvalue weighted by molar-refractivity contribution is 14.1. The summed E-state index contributed by atoms with van der Waals surface area (Å²) >= 11 is 1.89. The molecule has 2 heterocycles. The van der Waals surface area contributed by atoms with Crippen LogP contribution in [0.2, 0.25) is 0 Å². The van der Waals surface area contributed by atoms with E-state index in [4.69, 9.17) is 4.18 Å². The van der Waals surface area contributed by atoms with Gasteiger partial charge in [-0.15, -0.1) is 0 Å². The van der Waals surface area contributed by atoms with Crippen LogP contribution in [0.4, 0.5) is 14.6 Å². The van der Waals surface area contributed by atoms with Crippen LogP contribution in [0.15, 0.2) is 43.0 Å². The summed E-state index contributed by atoms with van der Waals surface area (Å²) in [5.41, 5.74) is 0.876. The summed E-state index contributed by atoms with van der Waals surface area (Å²) < 4.78 is 60.3. The van der Waals surface area contributed by atoms with E-state index in [1.165, 1.54) is 23.0 Å². The van der Waals surface area contributed by atoms with E-state index in [0.717, 1.165) is 18.9 Å². The van der Waals surface area contributed by atoms with E-state index in [9.17, 15) is 27.1 Å². The zero-order chi connectivity index (χ0) is 26.0. The molecular formula is C21H21F2IN6O5S. The lowest BCUT2D eigenvalue weighted by Crippen LogP contribution is -2.35. The van der Waals surface area contributed by atoms with Crippen LogP contribution in [0.1, 0.15) is 28.0 Å². The van der Waals surface area contributed by atoms with Gasteiger partial charge in [-0.3, -0.25) is 13.7 Å². The molecule has 0 unspecified atom stereocenters. The zero-order valence-corrected chi connectivity index (χ0v) is 21.7. The number of hydrogen-bond acceptors (Lipinski definition) is 9. The Morgan fingerprint density at radius 1 is 1.36 bits per heavy atom. The fourth-order valence-electron chi connectivity index (χ4n) is 3.73. The monoisotopic (exact) mass is 634 g/mol. The smallest absolute Gasteiger partial charge is 0.335 e. The molecule has 0 saturated heterocycles. The SMILES string of the molecule is CNS(=O)(=O)O[C@@H]1C[C@@H](Nc2ncncc2C(=O)c2ccn(Cc3ccc(F)c(I)c3)n2)[C@@H](F)[C@@H]1O. The minimum absolute atomic E-state index is 0.00499. The van der Waals surface area contributed by atoms with Crippen molar-refractivity contribution in [2.45, 2.75) is 37.4 Å². The first-order valence-electron chi connectivity index (χ1n) is 10.6.